The SMILES string of the molecule is Cc1cc(N2C(=S)N[C@H](c3ccccn3)[C@H]2c2cc(C)n(-c3cccnc3)c2C)ccc1F. The molecule has 7 heteroatoms. The van der Waals surface area contributed by atoms with Crippen LogP contribution in [0.25, 0.3) is 5.69 Å². The average Bonchev–Trinajstić information content (AvgIpc) is 3.32. The van der Waals surface area contributed by atoms with Crippen LogP contribution >= 0.6 is 12.2 Å². The lowest BCUT2D eigenvalue weighted by Crippen LogP contribution is -2.29. The molecule has 0 radical (unpaired) electrons. The number of benzene rings is 1. The Morgan fingerprint density at radius 1 is 0.970 bits per heavy atom. The molecular weight excluding hydrogens is 433 g/mol. The van der Waals surface area contributed by atoms with E-state index in [1.807, 2.05) is 42.6 Å². The van der Waals surface area contributed by atoms with Crippen molar-refractivity contribution >= 4 is 23.0 Å². The van der Waals surface area contributed by atoms with Gasteiger partial charge in [0.1, 0.15) is 5.82 Å². The molecule has 1 fully saturated rings. The summed E-state index contributed by atoms with van der Waals surface area (Å²) in [6.07, 6.45) is 5.42. The van der Waals surface area contributed by atoms with E-state index >= 15 is 0 Å². The molecule has 166 valence electrons. The summed E-state index contributed by atoms with van der Waals surface area (Å²) in [5, 5.41) is 4.07. The van der Waals surface area contributed by atoms with Crippen molar-refractivity contribution < 1.29 is 4.39 Å². The molecule has 1 N–H and O–H groups in total. The van der Waals surface area contributed by atoms with Gasteiger partial charge in [-0.2, -0.15) is 0 Å². The number of pyridine rings is 2. The van der Waals surface area contributed by atoms with Crippen molar-refractivity contribution in [2.45, 2.75) is 32.9 Å². The molecule has 0 spiro atoms. The largest absolute Gasteiger partial charge is 0.351 e. The van der Waals surface area contributed by atoms with Crippen molar-refractivity contribution in [2.75, 3.05) is 4.90 Å². The van der Waals surface area contributed by atoms with Gasteiger partial charge in [0, 0.05) is 29.5 Å². The van der Waals surface area contributed by atoms with E-state index in [9.17, 15) is 4.39 Å². The van der Waals surface area contributed by atoms with Gasteiger partial charge in [-0.05, 0) is 92.6 Å². The lowest BCUT2D eigenvalue weighted by Gasteiger charge is -2.28. The van der Waals surface area contributed by atoms with E-state index in [4.69, 9.17) is 12.2 Å². The third-order valence-electron chi connectivity index (χ3n) is 6.21. The van der Waals surface area contributed by atoms with Crippen LogP contribution in [0.1, 0.15) is 40.3 Å². The molecule has 0 bridgehead atoms. The second-order valence-corrected chi connectivity index (χ2v) is 8.69. The summed E-state index contributed by atoms with van der Waals surface area (Å²) in [5.41, 5.74) is 6.66. The molecule has 4 aromatic rings. The third kappa shape index (κ3) is 3.68. The number of thiocarbonyl (C=S) groups is 1. The zero-order valence-corrected chi connectivity index (χ0v) is 19.5. The van der Waals surface area contributed by atoms with E-state index in [0.717, 1.165) is 34.0 Å². The van der Waals surface area contributed by atoms with Gasteiger partial charge in [-0.15, -0.1) is 0 Å². The van der Waals surface area contributed by atoms with Crippen LogP contribution < -0.4 is 10.2 Å². The van der Waals surface area contributed by atoms with Crippen molar-refractivity contribution in [3.63, 3.8) is 0 Å². The van der Waals surface area contributed by atoms with Crippen molar-refractivity contribution in [3.8, 4) is 5.69 Å². The van der Waals surface area contributed by atoms with Crippen LogP contribution in [0.3, 0.4) is 0 Å². The van der Waals surface area contributed by atoms with Gasteiger partial charge < -0.3 is 14.8 Å². The summed E-state index contributed by atoms with van der Waals surface area (Å²) < 4.78 is 16.3. The van der Waals surface area contributed by atoms with Gasteiger partial charge in [-0.3, -0.25) is 9.97 Å². The summed E-state index contributed by atoms with van der Waals surface area (Å²) >= 11 is 5.81. The first kappa shape index (κ1) is 21.3. The van der Waals surface area contributed by atoms with Crippen LogP contribution in [0.2, 0.25) is 0 Å². The predicted octanol–water partition coefficient (Wildman–Crippen LogP) is 5.51. The van der Waals surface area contributed by atoms with Crippen LogP contribution in [0, 0.1) is 26.6 Å². The highest BCUT2D eigenvalue weighted by Crippen LogP contribution is 2.43. The Bertz CT molecular complexity index is 1320. The quantitative estimate of drug-likeness (QED) is 0.410. The van der Waals surface area contributed by atoms with Crippen molar-refractivity contribution in [1.82, 2.24) is 19.9 Å². The normalized spacial score (nSPS) is 17.9. The number of rotatable bonds is 4. The maximum Gasteiger partial charge on any atom is 0.174 e. The van der Waals surface area contributed by atoms with Crippen molar-refractivity contribution in [3.05, 3.63) is 107 Å². The van der Waals surface area contributed by atoms with E-state index in [1.54, 1.807) is 25.4 Å². The molecule has 1 aliphatic rings. The van der Waals surface area contributed by atoms with Gasteiger partial charge in [-0.25, -0.2) is 4.39 Å². The lowest BCUT2D eigenvalue weighted by molar-refractivity contribution is 0.564. The number of nitrogens with one attached hydrogen (secondary N) is 1. The van der Waals surface area contributed by atoms with E-state index in [-0.39, 0.29) is 17.9 Å². The predicted molar refractivity (Wildman–Crippen MR) is 132 cm³/mol. The highest BCUT2D eigenvalue weighted by Gasteiger charge is 2.42. The summed E-state index contributed by atoms with van der Waals surface area (Å²) in [5.74, 6) is -0.232. The molecule has 33 heavy (non-hydrogen) atoms. The Kier molecular flexibility index (Phi) is 5.42. The molecule has 2 atom stereocenters. The fourth-order valence-electron chi connectivity index (χ4n) is 4.70. The van der Waals surface area contributed by atoms with Crippen molar-refractivity contribution in [2.24, 2.45) is 0 Å². The minimum absolute atomic E-state index is 0.158. The van der Waals surface area contributed by atoms with Crippen LogP contribution in [0.4, 0.5) is 10.1 Å². The number of aromatic nitrogens is 3. The number of anilines is 1. The van der Waals surface area contributed by atoms with Crippen LogP contribution in [0.5, 0.6) is 0 Å². The second kappa shape index (κ2) is 8.41. The molecular formula is C26H24FN5S. The Morgan fingerprint density at radius 3 is 2.52 bits per heavy atom. The molecule has 0 amide bonds. The lowest BCUT2D eigenvalue weighted by atomic mass is 9.96. The van der Waals surface area contributed by atoms with E-state index < -0.39 is 0 Å². The van der Waals surface area contributed by atoms with E-state index in [2.05, 4.69) is 44.7 Å². The molecule has 5 rings (SSSR count). The van der Waals surface area contributed by atoms with E-state index in [1.165, 1.54) is 6.07 Å². The zero-order chi connectivity index (χ0) is 23.1. The minimum Gasteiger partial charge on any atom is -0.351 e. The summed E-state index contributed by atoms with van der Waals surface area (Å²) in [6.45, 7) is 5.97. The molecule has 5 nitrogen and oxygen atoms in total. The Labute approximate surface area is 197 Å². The molecule has 0 aliphatic carbocycles. The Balaban J connectivity index is 1.69. The number of halogens is 1. The van der Waals surface area contributed by atoms with Crippen LogP contribution in [0.15, 0.2) is 73.2 Å². The zero-order valence-electron chi connectivity index (χ0n) is 18.7. The maximum absolute atomic E-state index is 14.1. The number of aryl methyl sites for hydroxylation is 2. The fourth-order valence-corrected chi connectivity index (χ4v) is 5.04. The first-order chi connectivity index (χ1) is 16.0. The summed E-state index contributed by atoms with van der Waals surface area (Å²) in [6, 6.07) is 16.9. The summed E-state index contributed by atoms with van der Waals surface area (Å²) in [7, 11) is 0. The van der Waals surface area contributed by atoms with Crippen LogP contribution in [-0.2, 0) is 0 Å². The smallest absolute Gasteiger partial charge is 0.174 e. The van der Waals surface area contributed by atoms with Gasteiger partial charge in [0.25, 0.3) is 0 Å². The number of hydrogen-bond acceptors (Lipinski definition) is 3. The van der Waals surface area contributed by atoms with Gasteiger partial charge in [0.2, 0.25) is 0 Å². The molecule has 4 heterocycles. The molecule has 1 aliphatic heterocycles. The first-order valence-corrected chi connectivity index (χ1v) is 11.2. The molecule has 0 saturated carbocycles. The average molecular weight is 458 g/mol. The minimum atomic E-state index is -0.232. The number of hydrogen-bond donors (Lipinski definition) is 1. The fraction of sp³-hybridized carbons (Fsp3) is 0.192. The van der Waals surface area contributed by atoms with Crippen LogP contribution in [-0.4, -0.2) is 19.6 Å². The molecule has 1 aromatic carbocycles. The molecule has 3 aromatic heterocycles. The molecule has 0 unspecified atom stereocenters. The maximum atomic E-state index is 14.1. The van der Waals surface area contributed by atoms with Crippen molar-refractivity contribution in [1.29, 1.82) is 0 Å². The van der Waals surface area contributed by atoms with E-state index in [0.29, 0.717) is 10.7 Å². The van der Waals surface area contributed by atoms with Gasteiger partial charge in [0.05, 0.1) is 29.7 Å². The van der Waals surface area contributed by atoms with Gasteiger partial charge in [-0.1, -0.05) is 6.07 Å². The highest BCUT2D eigenvalue weighted by molar-refractivity contribution is 7.80. The Hall–Kier alpha value is -3.58. The Morgan fingerprint density at radius 2 is 1.82 bits per heavy atom. The first-order valence-electron chi connectivity index (χ1n) is 10.8. The van der Waals surface area contributed by atoms with Gasteiger partial charge >= 0.3 is 0 Å². The highest BCUT2D eigenvalue weighted by atomic mass is 32.1. The standard InChI is InChI=1S/C26H24FN5S/c1-16-13-19(9-10-22(16)27)32-25(24(30-26(32)33)23-8-4-5-12-29-23)21-14-17(2)31(18(21)3)20-7-6-11-28-15-20/h4-15,24-25H,1-3H3,(H,30,33)/t24-,25-/m1/s1. The summed E-state index contributed by atoms with van der Waals surface area (Å²) in [4.78, 5) is 11.0. The number of nitrogens with zero attached hydrogens (tertiary/aromatic N) is 4. The van der Waals surface area contributed by atoms with Gasteiger partial charge in [0.15, 0.2) is 5.11 Å². The molecule has 1 saturated heterocycles. The monoisotopic (exact) mass is 457 g/mol. The second-order valence-electron chi connectivity index (χ2n) is 8.30. The third-order valence-corrected chi connectivity index (χ3v) is 6.53. The topological polar surface area (TPSA) is 46.0 Å².